The summed E-state index contributed by atoms with van der Waals surface area (Å²) in [6.45, 7) is 0. The summed E-state index contributed by atoms with van der Waals surface area (Å²) >= 11 is 1.26. The molecule has 0 atom stereocenters. The average molecular weight is 180 g/mol. The van der Waals surface area contributed by atoms with E-state index >= 15 is 0 Å². The Kier molecular flexibility index (Phi) is 1.51. The molecule has 0 amide bonds. The number of nitro benzene ring substituents is 1. The molecule has 0 saturated carbocycles. The highest BCUT2D eigenvalue weighted by atomic mass is 32.1. The van der Waals surface area contributed by atoms with Crippen LogP contribution in [0.1, 0.15) is 0 Å². The van der Waals surface area contributed by atoms with Crippen molar-refractivity contribution in [1.82, 2.24) is 4.37 Å². The molecular weight excluding hydrogens is 176 g/mol. The molecule has 1 aromatic heterocycles. The predicted molar refractivity (Wildman–Crippen MR) is 46.3 cm³/mol. The molecule has 5 heteroatoms. The minimum atomic E-state index is -0.404. The Labute approximate surface area is 71.8 Å². The molecule has 0 aliphatic rings. The number of non-ortho nitro benzene ring substituents is 1. The van der Waals surface area contributed by atoms with Gasteiger partial charge >= 0.3 is 0 Å². The summed E-state index contributed by atoms with van der Waals surface area (Å²) in [5, 5.41) is 11.3. The molecule has 0 aliphatic carbocycles. The van der Waals surface area contributed by atoms with E-state index in [1.807, 2.05) is 0 Å². The van der Waals surface area contributed by atoms with Crippen LogP contribution in [0.2, 0.25) is 0 Å². The van der Waals surface area contributed by atoms with E-state index in [1.165, 1.54) is 23.7 Å². The molecule has 0 radical (unpaired) electrons. The highest BCUT2D eigenvalue weighted by Gasteiger charge is 2.06. The minimum absolute atomic E-state index is 0.117. The smallest absolute Gasteiger partial charge is 0.258 e. The normalized spacial score (nSPS) is 10.3. The molecule has 0 unspecified atom stereocenters. The van der Waals surface area contributed by atoms with E-state index in [4.69, 9.17) is 0 Å². The first-order valence-corrected chi connectivity index (χ1v) is 4.03. The average Bonchev–Trinajstić information content (AvgIpc) is 2.49. The van der Waals surface area contributed by atoms with Crippen LogP contribution in [0.25, 0.3) is 10.1 Å². The molecule has 0 bridgehead atoms. The van der Waals surface area contributed by atoms with Crippen molar-refractivity contribution in [2.75, 3.05) is 0 Å². The molecule has 1 heterocycles. The van der Waals surface area contributed by atoms with Crippen LogP contribution in [0.15, 0.2) is 24.4 Å². The third kappa shape index (κ3) is 1.04. The molecule has 4 nitrogen and oxygen atoms in total. The molecule has 0 aliphatic heterocycles. The maximum absolute atomic E-state index is 10.4. The van der Waals surface area contributed by atoms with Crippen molar-refractivity contribution < 1.29 is 4.92 Å². The Balaban J connectivity index is 2.68. The Morgan fingerprint density at radius 1 is 1.50 bits per heavy atom. The zero-order chi connectivity index (χ0) is 8.55. The standard InChI is InChI=1S/C7H4N2O2S/c10-9(11)6-2-1-5-4-8-12-7(5)3-6/h1-4H. The van der Waals surface area contributed by atoms with Crippen LogP contribution in [0.3, 0.4) is 0 Å². The summed E-state index contributed by atoms with van der Waals surface area (Å²) in [6.07, 6.45) is 1.70. The van der Waals surface area contributed by atoms with E-state index in [0.29, 0.717) is 0 Å². The van der Waals surface area contributed by atoms with Crippen molar-refractivity contribution in [3.8, 4) is 0 Å². The van der Waals surface area contributed by atoms with Crippen molar-refractivity contribution >= 4 is 27.3 Å². The molecule has 1 aromatic carbocycles. The molecule has 2 rings (SSSR count). The van der Waals surface area contributed by atoms with Gasteiger partial charge in [-0.2, -0.15) is 4.37 Å². The van der Waals surface area contributed by atoms with Crippen molar-refractivity contribution in [2.24, 2.45) is 0 Å². The summed E-state index contributed by atoms with van der Waals surface area (Å²) in [5.41, 5.74) is 0.117. The molecule has 60 valence electrons. The van der Waals surface area contributed by atoms with Gasteiger partial charge in [0.2, 0.25) is 0 Å². The first-order valence-electron chi connectivity index (χ1n) is 3.26. The third-order valence-electron chi connectivity index (χ3n) is 1.55. The number of nitrogens with zero attached hydrogens (tertiary/aromatic N) is 2. The summed E-state index contributed by atoms with van der Waals surface area (Å²) in [4.78, 5) is 9.95. The third-order valence-corrected chi connectivity index (χ3v) is 2.31. The molecule has 0 saturated heterocycles. The number of fused-ring (bicyclic) bond motifs is 1. The number of rotatable bonds is 1. The van der Waals surface area contributed by atoms with Gasteiger partial charge in [-0.1, -0.05) is 0 Å². The Morgan fingerprint density at radius 2 is 2.33 bits per heavy atom. The van der Waals surface area contributed by atoms with Gasteiger partial charge in [0, 0.05) is 23.7 Å². The number of benzene rings is 1. The highest BCUT2D eigenvalue weighted by molar-refractivity contribution is 7.13. The topological polar surface area (TPSA) is 56.0 Å². The number of hydrogen-bond acceptors (Lipinski definition) is 4. The van der Waals surface area contributed by atoms with Crippen LogP contribution in [0.5, 0.6) is 0 Å². The first-order chi connectivity index (χ1) is 5.77. The summed E-state index contributed by atoms with van der Waals surface area (Å²) in [6, 6.07) is 4.72. The van der Waals surface area contributed by atoms with Crippen LogP contribution in [0, 0.1) is 10.1 Å². The lowest BCUT2D eigenvalue weighted by molar-refractivity contribution is -0.384. The van der Waals surface area contributed by atoms with E-state index in [2.05, 4.69) is 4.37 Å². The van der Waals surface area contributed by atoms with Gasteiger partial charge in [0.05, 0.1) is 9.62 Å². The Morgan fingerprint density at radius 3 is 3.08 bits per heavy atom. The van der Waals surface area contributed by atoms with Gasteiger partial charge in [0.15, 0.2) is 0 Å². The first kappa shape index (κ1) is 7.17. The zero-order valence-corrected chi connectivity index (χ0v) is 6.75. The van der Waals surface area contributed by atoms with Gasteiger partial charge in [-0.15, -0.1) is 0 Å². The predicted octanol–water partition coefficient (Wildman–Crippen LogP) is 2.20. The number of hydrogen-bond donors (Lipinski definition) is 0. The fourth-order valence-corrected chi connectivity index (χ4v) is 1.64. The lowest BCUT2D eigenvalue weighted by Crippen LogP contribution is -1.85. The molecule has 0 spiro atoms. The maximum Gasteiger partial charge on any atom is 0.270 e. The SMILES string of the molecule is O=[N+]([O-])c1ccc2cnsc2c1. The molecule has 12 heavy (non-hydrogen) atoms. The van der Waals surface area contributed by atoms with Crippen LogP contribution >= 0.6 is 11.5 Å². The molecule has 2 aromatic rings. The fraction of sp³-hybridized carbons (Fsp3) is 0. The van der Waals surface area contributed by atoms with E-state index < -0.39 is 4.92 Å². The van der Waals surface area contributed by atoms with Gasteiger partial charge in [-0.05, 0) is 17.6 Å². The quantitative estimate of drug-likeness (QED) is 0.499. The minimum Gasteiger partial charge on any atom is -0.258 e. The van der Waals surface area contributed by atoms with Crippen molar-refractivity contribution in [3.05, 3.63) is 34.5 Å². The maximum atomic E-state index is 10.4. The highest BCUT2D eigenvalue weighted by Crippen LogP contribution is 2.22. The second-order valence-corrected chi connectivity index (χ2v) is 3.14. The van der Waals surface area contributed by atoms with E-state index in [1.54, 1.807) is 12.3 Å². The molecule has 0 N–H and O–H groups in total. The van der Waals surface area contributed by atoms with E-state index in [-0.39, 0.29) is 5.69 Å². The van der Waals surface area contributed by atoms with Crippen molar-refractivity contribution in [3.63, 3.8) is 0 Å². The van der Waals surface area contributed by atoms with E-state index in [0.717, 1.165) is 10.1 Å². The van der Waals surface area contributed by atoms with Crippen LogP contribution in [-0.4, -0.2) is 9.30 Å². The van der Waals surface area contributed by atoms with Crippen molar-refractivity contribution in [2.45, 2.75) is 0 Å². The lowest BCUT2D eigenvalue weighted by Gasteiger charge is -1.89. The Hall–Kier alpha value is -1.49. The number of nitro groups is 1. The second kappa shape index (κ2) is 2.53. The largest absolute Gasteiger partial charge is 0.270 e. The monoisotopic (exact) mass is 180 g/mol. The summed E-state index contributed by atoms with van der Waals surface area (Å²) in [5.74, 6) is 0. The van der Waals surface area contributed by atoms with Crippen LogP contribution in [-0.2, 0) is 0 Å². The molecular formula is C7H4N2O2S. The molecule has 0 fully saturated rings. The van der Waals surface area contributed by atoms with Gasteiger partial charge in [0.25, 0.3) is 5.69 Å². The van der Waals surface area contributed by atoms with Gasteiger partial charge < -0.3 is 0 Å². The van der Waals surface area contributed by atoms with Crippen LogP contribution in [0.4, 0.5) is 5.69 Å². The zero-order valence-electron chi connectivity index (χ0n) is 5.93. The van der Waals surface area contributed by atoms with Crippen molar-refractivity contribution in [1.29, 1.82) is 0 Å². The Bertz CT molecular complexity index is 438. The summed E-state index contributed by atoms with van der Waals surface area (Å²) in [7, 11) is 0. The van der Waals surface area contributed by atoms with E-state index in [9.17, 15) is 10.1 Å². The van der Waals surface area contributed by atoms with Gasteiger partial charge in [-0.3, -0.25) is 10.1 Å². The number of aromatic nitrogens is 1. The van der Waals surface area contributed by atoms with Crippen LogP contribution < -0.4 is 0 Å². The van der Waals surface area contributed by atoms with Gasteiger partial charge in [0.1, 0.15) is 0 Å². The summed E-state index contributed by atoms with van der Waals surface area (Å²) < 4.78 is 4.77. The fourth-order valence-electron chi connectivity index (χ4n) is 0.962. The second-order valence-electron chi connectivity index (χ2n) is 2.31. The lowest BCUT2D eigenvalue weighted by atomic mass is 10.2. The van der Waals surface area contributed by atoms with Gasteiger partial charge in [-0.25, -0.2) is 0 Å².